The van der Waals surface area contributed by atoms with Crippen LogP contribution >= 0.6 is 15.9 Å². The summed E-state index contributed by atoms with van der Waals surface area (Å²) in [5, 5.41) is 7.13. The topological polar surface area (TPSA) is 56.1 Å². The summed E-state index contributed by atoms with van der Waals surface area (Å²) in [5.74, 6) is 0.440. The van der Waals surface area contributed by atoms with Gasteiger partial charge in [0.25, 0.3) is 5.91 Å². The lowest BCUT2D eigenvalue weighted by Crippen LogP contribution is -2.25. The smallest absolute Gasteiger partial charge is 0.255 e. The predicted molar refractivity (Wildman–Crippen MR) is 84.4 cm³/mol. The summed E-state index contributed by atoms with van der Waals surface area (Å²) in [5.41, 5.74) is 1.48. The Balaban J connectivity index is 2.10. The van der Waals surface area contributed by atoms with E-state index in [4.69, 9.17) is 4.74 Å². The summed E-state index contributed by atoms with van der Waals surface area (Å²) in [4.78, 5) is 12.3. The first kappa shape index (κ1) is 15.6. The first-order chi connectivity index (χ1) is 10.2. The number of aromatic nitrogens is 2. The maximum atomic E-state index is 12.3. The summed E-state index contributed by atoms with van der Waals surface area (Å²) >= 11 is 3.44. The van der Waals surface area contributed by atoms with Crippen molar-refractivity contribution in [2.45, 2.75) is 26.9 Å². The van der Waals surface area contributed by atoms with Crippen LogP contribution in [0.25, 0.3) is 0 Å². The van der Waals surface area contributed by atoms with E-state index >= 15 is 0 Å². The van der Waals surface area contributed by atoms with Crippen molar-refractivity contribution in [3.05, 3.63) is 46.2 Å². The van der Waals surface area contributed by atoms with Gasteiger partial charge in [-0.2, -0.15) is 5.10 Å². The van der Waals surface area contributed by atoms with E-state index in [-0.39, 0.29) is 5.91 Å². The molecule has 0 aliphatic carbocycles. The summed E-state index contributed by atoms with van der Waals surface area (Å²) in [6.07, 6.45) is 1.74. The molecule has 0 fully saturated rings. The molecule has 0 bridgehead atoms. The zero-order chi connectivity index (χ0) is 15.2. The Morgan fingerprint density at radius 3 is 2.86 bits per heavy atom. The van der Waals surface area contributed by atoms with Gasteiger partial charge < -0.3 is 10.1 Å². The second kappa shape index (κ2) is 7.26. The number of hydrogen-bond donors (Lipinski definition) is 1. The highest BCUT2D eigenvalue weighted by atomic mass is 79.9. The summed E-state index contributed by atoms with van der Waals surface area (Å²) in [6, 6.07) is 7.23. The van der Waals surface area contributed by atoms with Crippen LogP contribution in [-0.2, 0) is 13.1 Å². The van der Waals surface area contributed by atoms with E-state index in [1.54, 1.807) is 18.3 Å². The Kier molecular flexibility index (Phi) is 5.38. The second-order valence-corrected chi connectivity index (χ2v) is 5.22. The summed E-state index contributed by atoms with van der Waals surface area (Å²) in [6.45, 7) is 5.60. The lowest BCUT2D eigenvalue weighted by molar-refractivity contribution is 0.0946. The number of nitrogens with one attached hydrogen (secondary N) is 1. The van der Waals surface area contributed by atoms with Gasteiger partial charge in [-0.3, -0.25) is 9.48 Å². The number of rotatable bonds is 6. The molecule has 1 aromatic carbocycles. The Bertz CT molecular complexity index is 625. The Hall–Kier alpha value is -1.82. The fourth-order valence-electron chi connectivity index (χ4n) is 2.03. The van der Waals surface area contributed by atoms with Crippen LogP contribution in [0.15, 0.2) is 34.9 Å². The van der Waals surface area contributed by atoms with Crippen molar-refractivity contribution >= 4 is 21.8 Å². The fourth-order valence-corrected chi connectivity index (χ4v) is 2.47. The summed E-state index contributed by atoms with van der Waals surface area (Å²) < 4.78 is 8.21. The lowest BCUT2D eigenvalue weighted by atomic mass is 10.2. The average molecular weight is 352 g/mol. The molecule has 1 aromatic heterocycles. The van der Waals surface area contributed by atoms with E-state index in [0.717, 1.165) is 16.7 Å². The number of para-hydroxylation sites is 1. The van der Waals surface area contributed by atoms with Gasteiger partial charge in [0.1, 0.15) is 5.75 Å². The molecule has 0 aliphatic heterocycles. The van der Waals surface area contributed by atoms with Crippen molar-refractivity contribution in [2.24, 2.45) is 0 Å². The minimum atomic E-state index is -0.158. The monoisotopic (exact) mass is 351 g/mol. The third-order valence-corrected chi connectivity index (χ3v) is 3.71. The van der Waals surface area contributed by atoms with Gasteiger partial charge in [0.15, 0.2) is 0 Å². The van der Waals surface area contributed by atoms with Crippen molar-refractivity contribution in [3.63, 3.8) is 0 Å². The quantitative estimate of drug-likeness (QED) is 0.870. The minimum absolute atomic E-state index is 0.158. The number of carbonyl (C=O) groups is 1. The maximum Gasteiger partial charge on any atom is 0.255 e. The van der Waals surface area contributed by atoms with Gasteiger partial charge in [-0.05, 0) is 41.9 Å². The molecule has 0 aliphatic rings. The van der Waals surface area contributed by atoms with Crippen molar-refractivity contribution in [1.29, 1.82) is 0 Å². The van der Waals surface area contributed by atoms with Crippen LogP contribution in [0.1, 0.15) is 29.9 Å². The highest BCUT2D eigenvalue weighted by molar-refractivity contribution is 9.10. The number of amides is 1. The molecule has 0 radical (unpaired) electrons. The maximum absolute atomic E-state index is 12.3. The molecule has 6 heteroatoms. The van der Waals surface area contributed by atoms with E-state index in [9.17, 15) is 4.79 Å². The molecule has 1 N–H and O–H groups in total. The van der Waals surface area contributed by atoms with Gasteiger partial charge in [0.05, 0.1) is 35.1 Å². The van der Waals surface area contributed by atoms with Gasteiger partial charge in [-0.15, -0.1) is 0 Å². The molecule has 1 heterocycles. The van der Waals surface area contributed by atoms with Crippen molar-refractivity contribution in [3.8, 4) is 5.75 Å². The number of nitrogens with zero attached hydrogens (tertiary/aromatic N) is 2. The van der Waals surface area contributed by atoms with E-state index < -0.39 is 0 Å². The highest BCUT2D eigenvalue weighted by Crippen LogP contribution is 2.19. The van der Waals surface area contributed by atoms with Crippen LogP contribution in [0.3, 0.4) is 0 Å². The lowest BCUT2D eigenvalue weighted by Gasteiger charge is -2.11. The molecule has 21 heavy (non-hydrogen) atoms. The third-order valence-electron chi connectivity index (χ3n) is 3.05. The average Bonchev–Trinajstić information content (AvgIpc) is 2.86. The van der Waals surface area contributed by atoms with Crippen LogP contribution in [-0.4, -0.2) is 22.3 Å². The first-order valence-corrected chi connectivity index (χ1v) is 7.66. The largest absolute Gasteiger partial charge is 0.493 e. The molecule has 2 rings (SSSR count). The zero-order valence-electron chi connectivity index (χ0n) is 12.1. The first-order valence-electron chi connectivity index (χ1n) is 6.87. The highest BCUT2D eigenvalue weighted by Gasteiger charge is 2.14. The van der Waals surface area contributed by atoms with Crippen molar-refractivity contribution < 1.29 is 9.53 Å². The van der Waals surface area contributed by atoms with Gasteiger partial charge >= 0.3 is 0 Å². The number of benzene rings is 1. The van der Waals surface area contributed by atoms with E-state index in [0.29, 0.717) is 24.5 Å². The normalized spacial score (nSPS) is 10.4. The molecule has 0 spiro atoms. The van der Waals surface area contributed by atoms with E-state index in [1.165, 1.54) is 0 Å². The van der Waals surface area contributed by atoms with Gasteiger partial charge in [0.2, 0.25) is 0 Å². The number of aryl methyl sites for hydroxylation is 1. The van der Waals surface area contributed by atoms with Crippen LogP contribution in [0.5, 0.6) is 5.75 Å². The molecule has 0 atom stereocenters. The zero-order valence-corrected chi connectivity index (χ0v) is 13.7. The summed E-state index contributed by atoms with van der Waals surface area (Å²) in [7, 11) is 0. The fraction of sp³-hybridized carbons (Fsp3) is 0.333. The SMILES string of the molecule is CCOc1ccccc1C(=O)NCc1c(Br)cnn1CC. The standard InChI is InChI=1S/C15H18BrN3O2/c1-3-19-13(12(16)9-18-19)10-17-15(20)11-7-5-6-8-14(11)21-4-2/h5-9H,3-4,10H2,1-2H3,(H,17,20). The number of carbonyl (C=O) groups excluding carboxylic acids is 1. The van der Waals surface area contributed by atoms with Crippen LogP contribution < -0.4 is 10.1 Å². The Morgan fingerprint density at radius 1 is 1.38 bits per heavy atom. The van der Waals surface area contributed by atoms with E-state index in [1.807, 2.05) is 30.7 Å². The number of ether oxygens (including phenoxy) is 1. The van der Waals surface area contributed by atoms with E-state index in [2.05, 4.69) is 26.3 Å². The van der Waals surface area contributed by atoms with Crippen LogP contribution in [0, 0.1) is 0 Å². The molecule has 0 saturated heterocycles. The molecule has 0 saturated carbocycles. The van der Waals surface area contributed by atoms with Crippen LogP contribution in [0.2, 0.25) is 0 Å². The molecular formula is C15H18BrN3O2. The number of halogens is 1. The van der Waals surface area contributed by atoms with Crippen molar-refractivity contribution in [1.82, 2.24) is 15.1 Å². The molecule has 1 amide bonds. The molecule has 5 nitrogen and oxygen atoms in total. The van der Waals surface area contributed by atoms with Gasteiger partial charge in [-0.25, -0.2) is 0 Å². The predicted octanol–water partition coefficient (Wildman–Crippen LogP) is 2.99. The van der Waals surface area contributed by atoms with Gasteiger partial charge in [-0.1, -0.05) is 12.1 Å². The van der Waals surface area contributed by atoms with Gasteiger partial charge in [0, 0.05) is 6.54 Å². The second-order valence-electron chi connectivity index (χ2n) is 4.37. The number of hydrogen-bond acceptors (Lipinski definition) is 3. The molecule has 2 aromatic rings. The molecule has 0 unspecified atom stereocenters. The molecular weight excluding hydrogens is 334 g/mol. The Labute approximate surface area is 132 Å². The molecule has 112 valence electrons. The third kappa shape index (κ3) is 3.64. The minimum Gasteiger partial charge on any atom is -0.493 e. The van der Waals surface area contributed by atoms with Crippen molar-refractivity contribution in [2.75, 3.05) is 6.61 Å². The Morgan fingerprint density at radius 2 is 2.14 bits per heavy atom. The van der Waals surface area contributed by atoms with Crippen LogP contribution in [0.4, 0.5) is 0 Å².